The third-order valence-electron chi connectivity index (χ3n) is 3.29. The summed E-state index contributed by atoms with van der Waals surface area (Å²) in [7, 11) is 0. The van der Waals surface area contributed by atoms with Crippen LogP contribution >= 0.6 is 0 Å². The van der Waals surface area contributed by atoms with Crippen LogP contribution < -0.4 is 0 Å². The maximum atomic E-state index is 11.1. The Morgan fingerprint density at radius 2 is 2.06 bits per heavy atom. The molecule has 1 aromatic rings. The van der Waals surface area contributed by atoms with E-state index >= 15 is 0 Å². The van der Waals surface area contributed by atoms with Gasteiger partial charge >= 0.3 is 0 Å². The lowest BCUT2D eigenvalue weighted by molar-refractivity contribution is -0.385. The summed E-state index contributed by atoms with van der Waals surface area (Å²) < 4.78 is 0. The van der Waals surface area contributed by atoms with Crippen molar-refractivity contribution >= 4 is 5.69 Å². The number of hydrogen-bond acceptors (Lipinski definition) is 2. The molecule has 0 spiro atoms. The van der Waals surface area contributed by atoms with Crippen molar-refractivity contribution in [3.8, 4) is 0 Å². The summed E-state index contributed by atoms with van der Waals surface area (Å²) in [5, 5.41) is 11.1. The summed E-state index contributed by atoms with van der Waals surface area (Å²) in [4.78, 5) is 10.8. The Balaban J connectivity index is 3.03. The Kier molecular flexibility index (Phi) is 5.13. The molecule has 3 heteroatoms. The van der Waals surface area contributed by atoms with E-state index < -0.39 is 0 Å². The summed E-state index contributed by atoms with van der Waals surface area (Å²) in [6, 6.07) is 5.71. The molecule has 1 aromatic carbocycles. The van der Waals surface area contributed by atoms with Gasteiger partial charge in [-0.05, 0) is 30.7 Å². The van der Waals surface area contributed by atoms with Gasteiger partial charge in [-0.15, -0.1) is 0 Å². The van der Waals surface area contributed by atoms with Crippen LogP contribution in [0.25, 0.3) is 0 Å². The molecule has 17 heavy (non-hydrogen) atoms. The third kappa shape index (κ3) is 3.55. The number of unbranched alkanes of at least 4 members (excludes halogenated alkanes) is 1. The summed E-state index contributed by atoms with van der Waals surface area (Å²) in [5.41, 5.74) is 2.22. The fourth-order valence-electron chi connectivity index (χ4n) is 1.87. The lowest BCUT2D eigenvalue weighted by atomic mass is 9.95. The second kappa shape index (κ2) is 6.38. The van der Waals surface area contributed by atoms with Gasteiger partial charge in [-0.3, -0.25) is 10.1 Å². The van der Waals surface area contributed by atoms with Crippen LogP contribution in [0.15, 0.2) is 18.2 Å². The molecule has 0 fully saturated rings. The second-order valence-corrected chi connectivity index (χ2v) is 4.56. The highest BCUT2D eigenvalue weighted by molar-refractivity contribution is 5.44. The number of hydrogen-bond donors (Lipinski definition) is 0. The van der Waals surface area contributed by atoms with Crippen LogP contribution in [0.5, 0.6) is 0 Å². The molecule has 3 nitrogen and oxygen atoms in total. The number of nitrogens with zero attached hydrogens (tertiary/aromatic N) is 1. The van der Waals surface area contributed by atoms with Gasteiger partial charge < -0.3 is 0 Å². The summed E-state index contributed by atoms with van der Waals surface area (Å²) >= 11 is 0. The molecular formula is C14H21NO2. The van der Waals surface area contributed by atoms with Gasteiger partial charge in [0, 0.05) is 11.6 Å². The number of nitro groups is 1. The van der Waals surface area contributed by atoms with E-state index in [1.165, 1.54) is 0 Å². The Bertz CT molecular complexity index is 388. The molecule has 1 atom stereocenters. The molecule has 1 unspecified atom stereocenters. The number of nitro benzene ring substituents is 1. The minimum Gasteiger partial charge on any atom is -0.258 e. The van der Waals surface area contributed by atoms with E-state index in [0.29, 0.717) is 5.92 Å². The Morgan fingerprint density at radius 1 is 1.35 bits per heavy atom. The lowest BCUT2D eigenvalue weighted by Crippen LogP contribution is -1.99. The zero-order chi connectivity index (χ0) is 12.8. The Hall–Kier alpha value is -1.38. The van der Waals surface area contributed by atoms with Crippen LogP contribution in [-0.2, 0) is 6.42 Å². The lowest BCUT2D eigenvalue weighted by Gasteiger charge is -2.10. The van der Waals surface area contributed by atoms with Gasteiger partial charge in [-0.2, -0.15) is 0 Å². The van der Waals surface area contributed by atoms with Gasteiger partial charge in [-0.1, -0.05) is 39.3 Å². The number of benzene rings is 1. The van der Waals surface area contributed by atoms with Crippen molar-refractivity contribution in [2.75, 3.05) is 0 Å². The zero-order valence-electron chi connectivity index (χ0n) is 10.9. The van der Waals surface area contributed by atoms with Gasteiger partial charge in [0.15, 0.2) is 0 Å². The van der Waals surface area contributed by atoms with E-state index in [-0.39, 0.29) is 10.6 Å². The van der Waals surface area contributed by atoms with Gasteiger partial charge in [0.05, 0.1) is 4.92 Å². The molecule has 0 radical (unpaired) electrons. The van der Waals surface area contributed by atoms with E-state index in [1.54, 1.807) is 6.07 Å². The topological polar surface area (TPSA) is 43.1 Å². The smallest absolute Gasteiger partial charge is 0.258 e. The molecule has 0 heterocycles. The van der Waals surface area contributed by atoms with Crippen molar-refractivity contribution in [3.05, 3.63) is 39.4 Å². The van der Waals surface area contributed by atoms with E-state index in [9.17, 15) is 10.1 Å². The van der Waals surface area contributed by atoms with E-state index in [4.69, 9.17) is 0 Å². The average Bonchev–Trinajstić information content (AvgIpc) is 2.35. The largest absolute Gasteiger partial charge is 0.272 e. The van der Waals surface area contributed by atoms with Crippen LogP contribution in [0.1, 0.15) is 57.1 Å². The van der Waals surface area contributed by atoms with Crippen molar-refractivity contribution in [2.45, 2.75) is 52.4 Å². The predicted molar refractivity (Wildman–Crippen MR) is 70.4 cm³/mol. The quantitative estimate of drug-likeness (QED) is 0.540. The van der Waals surface area contributed by atoms with Gasteiger partial charge in [0.1, 0.15) is 0 Å². The fourth-order valence-corrected chi connectivity index (χ4v) is 1.87. The van der Waals surface area contributed by atoms with Gasteiger partial charge in [0.25, 0.3) is 5.69 Å². The highest BCUT2D eigenvalue weighted by Gasteiger charge is 2.15. The monoisotopic (exact) mass is 235 g/mol. The Labute approximate surface area is 103 Å². The van der Waals surface area contributed by atoms with Crippen molar-refractivity contribution in [1.82, 2.24) is 0 Å². The molecular weight excluding hydrogens is 214 g/mol. The normalized spacial score (nSPS) is 12.4. The molecule has 1 rings (SSSR count). The summed E-state index contributed by atoms with van der Waals surface area (Å²) in [5.74, 6) is 0.383. The molecule has 0 saturated heterocycles. The number of aryl methyl sites for hydroxylation is 1. The van der Waals surface area contributed by atoms with Crippen molar-refractivity contribution in [3.63, 3.8) is 0 Å². The average molecular weight is 235 g/mol. The van der Waals surface area contributed by atoms with Crippen LogP contribution in [0.3, 0.4) is 0 Å². The number of rotatable bonds is 6. The van der Waals surface area contributed by atoms with E-state index in [0.717, 1.165) is 36.8 Å². The maximum absolute atomic E-state index is 11.1. The fraction of sp³-hybridized carbons (Fsp3) is 0.571. The van der Waals surface area contributed by atoms with Crippen molar-refractivity contribution in [2.24, 2.45) is 0 Å². The van der Waals surface area contributed by atoms with Crippen molar-refractivity contribution in [1.29, 1.82) is 0 Å². The highest BCUT2D eigenvalue weighted by atomic mass is 16.6. The predicted octanol–water partition coefficient (Wildman–Crippen LogP) is 4.45. The molecule has 0 amide bonds. The third-order valence-corrected chi connectivity index (χ3v) is 3.29. The molecule has 0 bridgehead atoms. The molecule has 0 saturated carbocycles. The van der Waals surface area contributed by atoms with Crippen LogP contribution in [0, 0.1) is 10.1 Å². The van der Waals surface area contributed by atoms with Crippen molar-refractivity contribution < 1.29 is 4.92 Å². The van der Waals surface area contributed by atoms with Gasteiger partial charge in [-0.25, -0.2) is 0 Å². The highest BCUT2D eigenvalue weighted by Crippen LogP contribution is 2.27. The minimum atomic E-state index is -0.253. The summed E-state index contributed by atoms with van der Waals surface area (Å²) in [6.07, 6.45) is 3.87. The maximum Gasteiger partial charge on any atom is 0.272 e. The Morgan fingerprint density at radius 3 is 2.59 bits per heavy atom. The SMILES string of the molecule is CCCCc1ccc(C(C)CC)cc1[N+](=O)[O-]. The first-order valence-electron chi connectivity index (χ1n) is 6.37. The molecule has 0 aliphatic heterocycles. The van der Waals surface area contributed by atoms with E-state index in [2.05, 4.69) is 20.8 Å². The first kappa shape index (κ1) is 13.7. The first-order chi connectivity index (χ1) is 8.10. The van der Waals surface area contributed by atoms with E-state index in [1.807, 2.05) is 12.1 Å². The molecule has 0 aliphatic carbocycles. The molecule has 0 aromatic heterocycles. The summed E-state index contributed by atoms with van der Waals surface area (Å²) in [6.45, 7) is 6.30. The van der Waals surface area contributed by atoms with Crippen LogP contribution in [0.2, 0.25) is 0 Å². The van der Waals surface area contributed by atoms with Crippen LogP contribution in [0.4, 0.5) is 5.69 Å². The van der Waals surface area contributed by atoms with Gasteiger partial charge in [0.2, 0.25) is 0 Å². The molecule has 94 valence electrons. The van der Waals surface area contributed by atoms with Crippen LogP contribution in [-0.4, -0.2) is 4.92 Å². The molecule has 0 aliphatic rings. The minimum absolute atomic E-state index is 0.253. The zero-order valence-corrected chi connectivity index (χ0v) is 10.9. The first-order valence-corrected chi connectivity index (χ1v) is 6.37. The second-order valence-electron chi connectivity index (χ2n) is 4.56. The molecule has 0 N–H and O–H groups in total. The standard InChI is InChI=1S/C14H21NO2/c1-4-6-7-12-8-9-13(11(3)5-2)10-14(12)15(16)17/h8-11H,4-7H2,1-3H3.